The highest BCUT2D eigenvalue weighted by Gasteiger charge is 2.64. The Morgan fingerprint density at radius 1 is 1.02 bits per heavy atom. The summed E-state index contributed by atoms with van der Waals surface area (Å²) in [6, 6.07) is 5.27. The van der Waals surface area contributed by atoms with Crippen LogP contribution in [0.2, 0.25) is 5.02 Å². The number of halogens is 3. The van der Waals surface area contributed by atoms with Crippen molar-refractivity contribution in [2.45, 2.75) is 153 Å². The molecule has 23 nitrogen and oxygen atoms in total. The van der Waals surface area contributed by atoms with Gasteiger partial charge in [0.1, 0.15) is 52.4 Å². The smallest absolute Gasteiger partial charge is 0.412 e. The van der Waals surface area contributed by atoms with Crippen LogP contribution in [0.5, 0.6) is 5.75 Å². The minimum Gasteiger partial charge on any atom is -0.495 e. The first-order chi connectivity index (χ1) is 39.3. The third-order valence-electron chi connectivity index (χ3n) is 14.9. The molecule has 0 saturated carbocycles. The molecule has 2 aromatic carbocycles. The number of methoxy groups -OCH3 is 2. The number of carbonyl (C=O) groups excluding carboxylic acids is 8. The predicted molar refractivity (Wildman–Crippen MR) is 319 cm³/mol. The van der Waals surface area contributed by atoms with Gasteiger partial charge in [0.15, 0.2) is 12.0 Å². The summed E-state index contributed by atoms with van der Waals surface area (Å²) >= 11 is 13.4. The standard InChI is InChI=1S/C57H79Br2ClN8O15/c1-32(2)48(66-45(70)18-11-10-12-22-80-56(29-58,30-59)31-69)51(73)64-39(16-14-21-62-52(61)74)50(72)63-37-19-20-38(34(4)24-37)65-53(75)82-44-27-46(71)68(7)40-25-36(26-41(78-8)47(40)60)23-33(3)15-13-17-43(79-9)57(77)28-42(81-54(76)67-57)35(5)49-55(44,6)83-49/h13,15,17,19-20,24-26,31-32,35,39,42-44,48-49,77H,10-12,14,16,18,21-23,27-30H2,1-9H3,(H,63,72)(H,64,73)(H,65,75)(H,66,70)(H,67,76)(H3,61,62,74)/b17-13+,33-15+/t35-,39+,42+,43-,44+,48+,49+,55+,57+/m1/s1. The number of allylic oxidation sites excluding steroid dienone is 3. The molecular formula is C57H79Br2ClN8O15. The molecule has 0 radical (unpaired) electrons. The SMILES string of the molecule is COc1cc2cc(c1Cl)N(C)C(=O)C[C@H](OC(=O)Nc1ccc(NC(=O)[C@H](CCCNC(N)=O)NC(=O)[C@@H](NC(=O)CCCCCOC(C=O)(CBr)CBr)C(C)C)cc1C)[C@]1(C)O[C@H]1[C@H](C)[C@@H]1C[C@@](O)(NC(=O)O1)[C@H](OC)/C=C/C=C(\C)C2. The minimum absolute atomic E-state index is 0.0719. The number of aryl methyl sites for hydroxylation is 1. The van der Waals surface area contributed by atoms with E-state index in [1.54, 1.807) is 72.0 Å². The quantitative estimate of drug-likeness (QED) is 0.0227. The van der Waals surface area contributed by atoms with Crippen molar-refractivity contribution in [3.8, 4) is 5.75 Å². The molecule has 83 heavy (non-hydrogen) atoms. The lowest BCUT2D eigenvalue weighted by Gasteiger charge is -2.42. The summed E-state index contributed by atoms with van der Waals surface area (Å²) in [7, 11) is 4.41. The van der Waals surface area contributed by atoms with Gasteiger partial charge in [-0.05, 0) is 100 Å². The van der Waals surface area contributed by atoms with Gasteiger partial charge in [-0.3, -0.25) is 29.8 Å². The second-order valence-electron chi connectivity index (χ2n) is 21.7. The Balaban J connectivity index is 1.32. The number of alkyl halides is 2. The molecule has 3 heterocycles. The lowest BCUT2D eigenvalue weighted by Crippen LogP contribution is -2.63. The number of hydrogen-bond acceptors (Lipinski definition) is 15. The van der Waals surface area contributed by atoms with Crippen molar-refractivity contribution in [3.63, 3.8) is 0 Å². The van der Waals surface area contributed by atoms with Gasteiger partial charge in [-0.1, -0.05) is 94.5 Å². The fourth-order valence-electron chi connectivity index (χ4n) is 9.86. The maximum Gasteiger partial charge on any atom is 0.412 e. The van der Waals surface area contributed by atoms with Gasteiger partial charge in [-0.15, -0.1) is 0 Å². The third-order valence-corrected chi connectivity index (χ3v) is 17.2. The molecule has 4 bridgehead atoms. The van der Waals surface area contributed by atoms with Crippen LogP contribution in [-0.2, 0) is 54.1 Å². The molecule has 0 unspecified atom stereocenters. The molecule has 26 heteroatoms. The summed E-state index contributed by atoms with van der Waals surface area (Å²) in [4.78, 5) is 107. The van der Waals surface area contributed by atoms with Gasteiger partial charge >= 0.3 is 18.2 Å². The second kappa shape index (κ2) is 30.8. The fourth-order valence-corrected chi connectivity index (χ4v) is 11.7. The summed E-state index contributed by atoms with van der Waals surface area (Å²) in [6.45, 7) is 11.0. The van der Waals surface area contributed by atoms with E-state index in [2.05, 4.69) is 63.8 Å². The number of benzene rings is 2. The number of alkyl carbamates (subject to hydrolysis) is 1. The molecule has 5 rings (SSSR count). The van der Waals surface area contributed by atoms with Crippen molar-refractivity contribution in [1.29, 1.82) is 0 Å². The van der Waals surface area contributed by atoms with Crippen LogP contribution in [0.3, 0.4) is 0 Å². The molecule has 3 aliphatic heterocycles. The Labute approximate surface area is 506 Å². The Hall–Kier alpha value is -5.83. The lowest BCUT2D eigenvalue weighted by molar-refractivity contribution is -0.142. The normalized spacial score (nSPS) is 24.5. The fraction of sp³-hybridized carbons (Fsp3) is 0.579. The first-order valence-corrected chi connectivity index (χ1v) is 30.0. The largest absolute Gasteiger partial charge is 0.495 e. The van der Waals surface area contributed by atoms with Crippen LogP contribution in [0.4, 0.5) is 31.4 Å². The van der Waals surface area contributed by atoms with Crippen LogP contribution in [0.25, 0.3) is 0 Å². The number of amides is 8. The molecule has 9 atom stereocenters. The number of nitrogens with zero attached hydrogens (tertiary/aromatic N) is 1. The lowest BCUT2D eigenvalue weighted by atomic mass is 9.83. The number of carbonyl (C=O) groups is 8. The average molecular weight is 1310 g/mol. The number of aldehydes is 1. The number of hydrogen-bond donors (Lipinski definition) is 8. The summed E-state index contributed by atoms with van der Waals surface area (Å²) in [6.07, 6.45) is 2.23. The number of anilines is 3. The van der Waals surface area contributed by atoms with E-state index in [0.29, 0.717) is 65.6 Å². The predicted octanol–water partition coefficient (Wildman–Crippen LogP) is 7.00. The molecule has 2 saturated heterocycles. The van der Waals surface area contributed by atoms with Gasteiger partial charge in [0.25, 0.3) is 0 Å². The number of aliphatic hydroxyl groups is 1. The molecule has 3 aliphatic rings. The van der Waals surface area contributed by atoms with Crippen molar-refractivity contribution in [2.24, 2.45) is 17.6 Å². The number of primary amides is 1. The molecule has 9 N–H and O–H groups in total. The van der Waals surface area contributed by atoms with Crippen LogP contribution in [-0.4, -0.2) is 152 Å². The number of fused-ring (bicyclic) bond motifs is 5. The molecule has 0 aliphatic carbocycles. The van der Waals surface area contributed by atoms with Crippen molar-refractivity contribution in [2.75, 3.05) is 60.6 Å². The van der Waals surface area contributed by atoms with Gasteiger partial charge < -0.3 is 70.2 Å². The number of nitrogens with two attached hydrogens (primary N) is 1. The zero-order valence-corrected chi connectivity index (χ0v) is 52.3. The van der Waals surface area contributed by atoms with E-state index in [0.717, 1.165) is 17.4 Å². The van der Waals surface area contributed by atoms with Crippen molar-refractivity contribution in [1.82, 2.24) is 21.3 Å². The van der Waals surface area contributed by atoms with Gasteiger partial charge in [0, 0.05) is 68.1 Å². The molecule has 2 aromatic rings. The second-order valence-corrected chi connectivity index (χ2v) is 23.2. The van der Waals surface area contributed by atoms with Gasteiger partial charge in [0.05, 0.1) is 25.3 Å². The van der Waals surface area contributed by atoms with Crippen LogP contribution in [0.1, 0.15) is 97.1 Å². The number of epoxide rings is 1. The van der Waals surface area contributed by atoms with Gasteiger partial charge in [-0.2, -0.15) is 0 Å². The first-order valence-electron chi connectivity index (χ1n) is 27.4. The monoisotopic (exact) mass is 1310 g/mol. The number of rotatable bonds is 24. The number of urea groups is 1. The Morgan fingerprint density at radius 2 is 1.75 bits per heavy atom. The molecule has 2 fully saturated rings. The molecule has 0 spiro atoms. The number of unbranched alkanes of at least 4 members (excludes halogenated alkanes) is 2. The topological polar surface area (TPSA) is 317 Å². The van der Waals surface area contributed by atoms with E-state index < -0.39 is 102 Å². The van der Waals surface area contributed by atoms with E-state index in [4.69, 9.17) is 45.8 Å². The van der Waals surface area contributed by atoms with Crippen LogP contribution >= 0.6 is 43.5 Å². The highest BCUT2D eigenvalue weighted by molar-refractivity contribution is 9.10. The van der Waals surface area contributed by atoms with E-state index in [-0.39, 0.29) is 54.8 Å². The summed E-state index contributed by atoms with van der Waals surface area (Å²) in [5.41, 5.74) is 4.09. The molecule has 0 aromatic heterocycles. The van der Waals surface area contributed by atoms with E-state index in [1.807, 2.05) is 13.0 Å². The third kappa shape index (κ3) is 18.6. The minimum atomic E-state index is -1.90. The number of ether oxygens (including phenoxy) is 6. The van der Waals surface area contributed by atoms with E-state index in [1.165, 1.54) is 31.3 Å². The highest BCUT2D eigenvalue weighted by Crippen LogP contribution is 2.49. The van der Waals surface area contributed by atoms with Crippen molar-refractivity contribution >= 4 is 109 Å². The maximum absolute atomic E-state index is 14.4. The van der Waals surface area contributed by atoms with Gasteiger partial charge in [-0.25, -0.2) is 14.4 Å². The first kappa shape index (κ1) is 68.0. The van der Waals surface area contributed by atoms with E-state index in [9.17, 15) is 43.5 Å². The van der Waals surface area contributed by atoms with E-state index >= 15 is 0 Å². The zero-order chi connectivity index (χ0) is 61.4. The summed E-state index contributed by atoms with van der Waals surface area (Å²) in [5.74, 6) is -2.73. The Kier molecular flexibility index (Phi) is 25.2. The molecule has 458 valence electrons. The highest BCUT2D eigenvalue weighted by atomic mass is 79.9. The van der Waals surface area contributed by atoms with Crippen LogP contribution in [0.15, 0.2) is 54.1 Å². The van der Waals surface area contributed by atoms with Crippen molar-refractivity contribution < 1.29 is 71.9 Å². The number of nitrogens with one attached hydrogen (secondary N) is 6. The van der Waals surface area contributed by atoms with Crippen LogP contribution in [0, 0.1) is 18.8 Å². The summed E-state index contributed by atoms with van der Waals surface area (Å²) < 4.78 is 35.2. The van der Waals surface area contributed by atoms with Crippen molar-refractivity contribution in [3.05, 3.63) is 70.3 Å². The van der Waals surface area contributed by atoms with Crippen LogP contribution < -0.4 is 47.3 Å². The molecular weight excluding hydrogens is 1230 g/mol. The Bertz CT molecular complexity index is 2730. The Morgan fingerprint density at radius 3 is 2.39 bits per heavy atom. The van der Waals surface area contributed by atoms with Gasteiger partial charge in [0.2, 0.25) is 23.6 Å². The average Bonchev–Trinajstić information content (AvgIpc) is 2.29. The maximum atomic E-state index is 14.4. The zero-order valence-electron chi connectivity index (χ0n) is 48.3. The molecule has 8 amide bonds. The summed E-state index contributed by atoms with van der Waals surface area (Å²) in [5, 5.41) is 28.8.